The fraction of sp³-hybridized carbons (Fsp3) is 0.625. The Morgan fingerprint density at radius 3 is 2.50 bits per heavy atom. The van der Waals surface area contributed by atoms with Gasteiger partial charge in [-0.15, -0.1) is 0 Å². The normalized spacial score (nSPS) is 27.8. The first-order chi connectivity index (χ1) is 8.54. The molecule has 1 nitrogen and oxygen atoms in total. The Morgan fingerprint density at radius 1 is 1.28 bits per heavy atom. The van der Waals surface area contributed by atoms with Gasteiger partial charge in [0.1, 0.15) is 0 Å². The molecule has 2 rings (SSSR count). The van der Waals surface area contributed by atoms with E-state index in [-0.39, 0.29) is 5.54 Å². The summed E-state index contributed by atoms with van der Waals surface area (Å²) in [5.74, 6) is 1.55. The molecule has 0 aliphatic heterocycles. The number of halogens is 1. The number of hydrogen-bond acceptors (Lipinski definition) is 1. The van der Waals surface area contributed by atoms with Crippen molar-refractivity contribution in [2.45, 2.75) is 51.5 Å². The van der Waals surface area contributed by atoms with E-state index in [9.17, 15) is 0 Å². The van der Waals surface area contributed by atoms with Crippen molar-refractivity contribution in [3.05, 3.63) is 34.3 Å². The van der Waals surface area contributed by atoms with Gasteiger partial charge in [0.05, 0.1) is 0 Å². The van der Waals surface area contributed by atoms with Crippen LogP contribution >= 0.6 is 15.9 Å². The van der Waals surface area contributed by atoms with Crippen LogP contribution in [0.4, 0.5) is 0 Å². The molecule has 18 heavy (non-hydrogen) atoms. The molecular formula is C16H24BrN. The topological polar surface area (TPSA) is 26.0 Å². The molecule has 1 saturated carbocycles. The van der Waals surface area contributed by atoms with Gasteiger partial charge in [0.15, 0.2) is 0 Å². The van der Waals surface area contributed by atoms with Crippen LogP contribution in [0.2, 0.25) is 0 Å². The Bertz CT molecular complexity index is 392. The number of benzene rings is 1. The molecule has 2 heteroatoms. The zero-order chi connectivity index (χ0) is 13.2. The van der Waals surface area contributed by atoms with Crippen LogP contribution in [0, 0.1) is 11.8 Å². The molecule has 0 amide bonds. The maximum absolute atomic E-state index is 6.65. The monoisotopic (exact) mass is 309 g/mol. The largest absolute Gasteiger partial charge is 0.321 e. The molecule has 0 radical (unpaired) electrons. The lowest BCUT2D eigenvalue weighted by molar-refractivity contribution is 0.183. The standard InChI is InChI=1S/C16H24BrN/c1-3-12-7-9-13(10-8-12)16(2,18)14-5-4-6-15(17)11-14/h4-6,11-13H,3,7-10,18H2,1-2H3. The molecule has 0 saturated heterocycles. The third kappa shape index (κ3) is 2.97. The highest BCUT2D eigenvalue weighted by Gasteiger charge is 2.34. The predicted molar refractivity (Wildman–Crippen MR) is 81.4 cm³/mol. The minimum absolute atomic E-state index is 0.192. The Hall–Kier alpha value is -0.340. The Morgan fingerprint density at radius 2 is 1.94 bits per heavy atom. The molecule has 1 atom stereocenters. The van der Waals surface area contributed by atoms with Crippen molar-refractivity contribution in [3.63, 3.8) is 0 Å². The molecule has 1 aromatic rings. The fourth-order valence-corrected chi connectivity index (χ4v) is 3.63. The summed E-state index contributed by atoms with van der Waals surface area (Å²) in [7, 11) is 0. The number of rotatable bonds is 3. The molecule has 1 aliphatic rings. The van der Waals surface area contributed by atoms with Crippen molar-refractivity contribution >= 4 is 15.9 Å². The maximum atomic E-state index is 6.65. The first-order valence-electron chi connectivity index (χ1n) is 7.09. The summed E-state index contributed by atoms with van der Waals surface area (Å²) < 4.78 is 1.12. The molecule has 100 valence electrons. The minimum atomic E-state index is -0.192. The molecule has 0 aromatic heterocycles. The average Bonchev–Trinajstić information content (AvgIpc) is 2.39. The molecule has 2 N–H and O–H groups in total. The Balaban J connectivity index is 2.11. The summed E-state index contributed by atoms with van der Waals surface area (Å²) in [6, 6.07) is 8.48. The van der Waals surface area contributed by atoms with Crippen LogP contribution in [0.1, 0.15) is 51.5 Å². The summed E-state index contributed by atoms with van der Waals surface area (Å²) >= 11 is 3.54. The van der Waals surface area contributed by atoms with Crippen LogP contribution in [-0.4, -0.2) is 0 Å². The quantitative estimate of drug-likeness (QED) is 0.849. The van der Waals surface area contributed by atoms with E-state index in [2.05, 4.69) is 54.0 Å². The van der Waals surface area contributed by atoms with E-state index in [4.69, 9.17) is 5.73 Å². The highest BCUT2D eigenvalue weighted by molar-refractivity contribution is 9.10. The summed E-state index contributed by atoms with van der Waals surface area (Å²) in [6.07, 6.45) is 6.57. The second-order valence-corrected chi connectivity index (χ2v) is 6.83. The van der Waals surface area contributed by atoms with Crippen molar-refractivity contribution in [2.75, 3.05) is 0 Å². The Kier molecular flexibility index (Phi) is 4.50. The first kappa shape index (κ1) is 14.1. The summed E-state index contributed by atoms with van der Waals surface area (Å²) in [5, 5.41) is 0. The van der Waals surface area contributed by atoms with Crippen LogP contribution in [0.15, 0.2) is 28.7 Å². The average molecular weight is 310 g/mol. The predicted octanol–water partition coefficient (Wildman–Crippen LogP) is 4.84. The highest BCUT2D eigenvalue weighted by atomic mass is 79.9. The van der Waals surface area contributed by atoms with Crippen molar-refractivity contribution in [2.24, 2.45) is 17.6 Å². The third-order valence-electron chi connectivity index (χ3n) is 4.72. The second kappa shape index (κ2) is 5.75. The highest BCUT2D eigenvalue weighted by Crippen LogP contribution is 2.40. The van der Waals surface area contributed by atoms with Crippen molar-refractivity contribution in [1.82, 2.24) is 0 Å². The summed E-state index contributed by atoms with van der Waals surface area (Å²) in [5.41, 5.74) is 7.72. The van der Waals surface area contributed by atoms with Gasteiger partial charge < -0.3 is 5.73 Å². The minimum Gasteiger partial charge on any atom is -0.321 e. The van der Waals surface area contributed by atoms with Gasteiger partial charge >= 0.3 is 0 Å². The lowest BCUT2D eigenvalue weighted by atomic mass is 9.70. The number of hydrogen-bond donors (Lipinski definition) is 1. The van der Waals surface area contributed by atoms with Crippen molar-refractivity contribution in [1.29, 1.82) is 0 Å². The first-order valence-corrected chi connectivity index (χ1v) is 7.88. The molecule has 0 heterocycles. The third-order valence-corrected chi connectivity index (χ3v) is 5.21. The van der Waals surface area contributed by atoms with E-state index < -0.39 is 0 Å². The van der Waals surface area contributed by atoms with Crippen LogP contribution in [0.3, 0.4) is 0 Å². The van der Waals surface area contributed by atoms with Gasteiger partial charge in [0.25, 0.3) is 0 Å². The SMILES string of the molecule is CCC1CCC(C(C)(N)c2cccc(Br)c2)CC1. The van der Waals surface area contributed by atoms with Gasteiger partial charge in [-0.1, -0.05) is 54.2 Å². The zero-order valence-electron chi connectivity index (χ0n) is 11.5. The maximum Gasteiger partial charge on any atom is 0.0410 e. The molecule has 0 bridgehead atoms. The molecule has 1 aromatic carbocycles. The van der Waals surface area contributed by atoms with Gasteiger partial charge in [-0.3, -0.25) is 0 Å². The lowest BCUT2D eigenvalue weighted by Gasteiger charge is -2.39. The van der Waals surface area contributed by atoms with Gasteiger partial charge in [-0.25, -0.2) is 0 Å². The van der Waals surface area contributed by atoms with Crippen molar-refractivity contribution < 1.29 is 0 Å². The van der Waals surface area contributed by atoms with Gasteiger partial charge in [0.2, 0.25) is 0 Å². The van der Waals surface area contributed by atoms with E-state index in [0.29, 0.717) is 5.92 Å². The second-order valence-electron chi connectivity index (χ2n) is 5.92. The van der Waals surface area contributed by atoms with Crippen LogP contribution < -0.4 is 5.73 Å². The van der Waals surface area contributed by atoms with Gasteiger partial charge in [-0.05, 0) is 49.3 Å². The smallest absolute Gasteiger partial charge is 0.0410 e. The summed E-state index contributed by atoms with van der Waals surface area (Å²) in [4.78, 5) is 0. The van der Waals surface area contributed by atoms with Crippen LogP contribution in [0.5, 0.6) is 0 Å². The van der Waals surface area contributed by atoms with Gasteiger partial charge in [-0.2, -0.15) is 0 Å². The number of nitrogens with two attached hydrogens (primary N) is 1. The molecule has 0 spiro atoms. The molecule has 1 fully saturated rings. The summed E-state index contributed by atoms with van der Waals surface area (Å²) in [6.45, 7) is 4.51. The molecule has 1 unspecified atom stereocenters. The van der Waals surface area contributed by atoms with Gasteiger partial charge in [0, 0.05) is 10.0 Å². The van der Waals surface area contributed by atoms with E-state index >= 15 is 0 Å². The van der Waals surface area contributed by atoms with E-state index in [1.807, 2.05) is 0 Å². The molecular weight excluding hydrogens is 286 g/mol. The Labute approximate surface area is 119 Å². The van der Waals surface area contributed by atoms with Crippen molar-refractivity contribution in [3.8, 4) is 0 Å². The zero-order valence-corrected chi connectivity index (χ0v) is 13.0. The van der Waals surface area contributed by atoms with E-state index in [1.165, 1.54) is 37.7 Å². The van der Waals surface area contributed by atoms with Crippen LogP contribution in [-0.2, 0) is 5.54 Å². The molecule has 1 aliphatic carbocycles. The fourth-order valence-electron chi connectivity index (χ4n) is 3.23. The van der Waals surface area contributed by atoms with E-state index in [1.54, 1.807) is 0 Å². The van der Waals surface area contributed by atoms with Crippen LogP contribution in [0.25, 0.3) is 0 Å². The van der Waals surface area contributed by atoms with E-state index in [0.717, 1.165) is 10.4 Å². The lowest BCUT2D eigenvalue weighted by Crippen LogP contribution is -2.42.